The van der Waals surface area contributed by atoms with Gasteiger partial charge in [-0.1, -0.05) is 57.7 Å². The molecule has 0 atom stereocenters. The Morgan fingerprint density at radius 2 is 1.20 bits per heavy atom. The molecular weight excluding hydrogens is 492 g/mol. The summed E-state index contributed by atoms with van der Waals surface area (Å²) in [5, 5.41) is 40.1. The number of nitrogens with zero attached hydrogens (tertiary/aromatic N) is 4. The van der Waals surface area contributed by atoms with Crippen molar-refractivity contribution in [3.8, 4) is 30.0 Å². The third kappa shape index (κ3) is 5.72. The van der Waals surface area contributed by atoms with Crippen molar-refractivity contribution >= 4 is 0 Å². The monoisotopic (exact) mass is 532 g/mol. The smallest absolute Gasteiger partial charge is 0.138 e. The van der Waals surface area contributed by atoms with Crippen LogP contribution in [0.4, 0.5) is 0 Å². The first-order chi connectivity index (χ1) is 19.5. The molecular formula is C35H40N4O. The SMILES string of the molecule is CCCCCC12CCC(c3ccc(CCc4ccc(OCCCC)c(C#N)c4C#N)c(C#N)c3C#N)(CC1)CC2. The standard InChI is InChI=1S/C35H40N4O/c1-3-5-7-14-34-15-18-35(19-16-34,20-17-34)32-12-10-26(28(22-36)30(32)24-38)8-9-27-11-13-33(40-21-6-4-2)31(25-39)29(27)23-37/h10-13H,3-9,14-21H2,1-2H3. The largest absolute Gasteiger partial charge is 0.492 e. The van der Waals surface area contributed by atoms with Crippen molar-refractivity contribution in [2.24, 2.45) is 5.41 Å². The van der Waals surface area contributed by atoms with Gasteiger partial charge in [-0.25, -0.2) is 0 Å². The summed E-state index contributed by atoms with van der Waals surface area (Å²) in [5.74, 6) is 0.443. The molecule has 0 saturated heterocycles. The van der Waals surface area contributed by atoms with E-state index >= 15 is 0 Å². The Hall–Kier alpha value is -3.80. The lowest BCUT2D eigenvalue weighted by Gasteiger charge is -2.54. The highest BCUT2D eigenvalue weighted by Crippen LogP contribution is 2.60. The zero-order valence-electron chi connectivity index (χ0n) is 24.1. The molecule has 0 radical (unpaired) electrons. The molecule has 3 saturated carbocycles. The van der Waals surface area contributed by atoms with Gasteiger partial charge in [-0.3, -0.25) is 0 Å². The minimum Gasteiger partial charge on any atom is -0.492 e. The molecule has 2 aromatic rings. The van der Waals surface area contributed by atoms with Gasteiger partial charge < -0.3 is 4.74 Å². The van der Waals surface area contributed by atoms with Crippen LogP contribution in [0.3, 0.4) is 0 Å². The number of ether oxygens (including phenoxy) is 1. The van der Waals surface area contributed by atoms with Crippen LogP contribution in [-0.2, 0) is 18.3 Å². The third-order valence-electron chi connectivity index (χ3n) is 9.70. The van der Waals surface area contributed by atoms with Crippen LogP contribution >= 0.6 is 0 Å². The molecule has 3 aliphatic carbocycles. The maximum absolute atomic E-state index is 10.3. The fourth-order valence-corrected chi connectivity index (χ4v) is 7.12. The summed E-state index contributed by atoms with van der Waals surface area (Å²) in [4.78, 5) is 0. The van der Waals surface area contributed by atoms with Crippen molar-refractivity contribution < 1.29 is 4.74 Å². The van der Waals surface area contributed by atoms with Crippen LogP contribution < -0.4 is 4.74 Å². The van der Waals surface area contributed by atoms with E-state index < -0.39 is 0 Å². The Morgan fingerprint density at radius 3 is 1.75 bits per heavy atom. The van der Waals surface area contributed by atoms with E-state index in [0.717, 1.165) is 48.8 Å². The van der Waals surface area contributed by atoms with E-state index in [9.17, 15) is 21.0 Å². The van der Waals surface area contributed by atoms with Crippen molar-refractivity contribution in [2.75, 3.05) is 6.61 Å². The van der Waals surface area contributed by atoms with E-state index in [1.165, 1.54) is 44.9 Å². The van der Waals surface area contributed by atoms with E-state index in [1.807, 2.05) is 12.1 Å². The molecule has 0 amide bonds. The van der Waals surface area contributed by atoms with Gasteiger partial charge in [0.15, 0.2) is 0 Å². The maximum atomic E-state index is 10.3. The Morgan fingerprint density at radius 1 is 0.650 bits per heavy atom. The molecule has 2 aromatic carbocycles. The predicted molar refractivity (Wildman–Crippen MR) is 156 cm³/mol. The topological polar surface area (TPSA) is 104 Å². The second-order valence-corrected chi connectivity index (χ2v) is 11.9. The van der Waals surface area contributed by atoms with E-state index in [1.54, 1.807) is 6.07 Å². The number of benzene rings is 2. The zero-order chi connectivity index (χ0) is 28.6. The fraction of sp³-hybridized carbons (Fsp3) is 0.543. The highest BCUT2D eigenvalue weighted by molar-refractivity contribution is 5.59. The van der Waals surface area contributed by atoms with E-state index in [0.29, 0.717) is 47.3 Å². The highest BCUT2D eigenvalue weighted by atomic mass is 16.5. The van der Waals surface area contributed by atoms with Crippen molar-refractivity contribution in [1.82, 2.24) is 0 Å². The number of unbranched alkanes of at least 4 members (excludes halogenated alkanes) is 3. The number of fused-ring (bicyclic) bond motifs is 3. The van der Waals surface area contributed by atoms with Crippen LogP contribution in [0.25, 0.3) is 0 Å². The molecule has 0 N–H and O–H groups in total. The molecule has 0 spiro atoms. The second kappa shape index (κ2) is 13.0. The summed E-state index contributed by atoms with van der Waals surface area (Å²) in [6.45, 7) is 4.84. The lowest BCUT2D eigenvalue weighted by molar-refractivity contribution is 0.0304. The Balaban J connectivity index is 1.56. The Kier molecular flexibility index (Phi) is 9.51. The Bertz CT molecular complexity index is 1370. The van der Waals surface area contributed by atoms with Gasteiger partial charge >= 0.3 is 0 Å². The van der Waals surface area contributed by atoms with E-state index in [2.05, 4.69) is 44.2 Å². The maximum Gasteiger partial charge on any atom is 0.138 e. The zero-order valence-corrected chi connectivity index (χ0v) is 24.1. The van der Waals surface area contributed by atoms with Crippen LogP contribution in [0, 0.1) is 50.7 Å². The van der Waals surface area contributed by atoms with Gasteiger partial charge in [-0.15, -0.1) is 0 Å². The van der Waals surface area contributed by atoms with Gasteiger partial charge in [0.1, 0.15) is 35.6 Å². The average Bonchev–Trinajstić information content (AvgIpc) is 3.00. The molecule has 3 fully saturated rings. The van der Waals surface area contributed by atoms with Gasteiger partial charge in [0.05, 0.1) is 23.3 Å². The van der Waals surface area contributed by atoms with Crippen LogP contribution in [0.2, 0.25) is 0 Å². The molecule has 3 aliphatic rings. The number of nitriles is 4. The lowest BCUT2D eigenvalue weighted by atomic mass is 9.50. The van der Waals surface area contributed by atoms with Crippen molar-refractivity contribution in [3.05, 3.63) is 63.2 Å². The van der Waals surface area contributed by atoms with Crippen molar-refractivity contribution in [2.45, 2.75) is 109 Å². The lowest BCUT2D eigenvalue weighted by Crippen LogP contribution is -2.44. The minimum atomic E-state index is 0.00494. The predicted octanol–water partition coefficient (Wildman–Crippen LogP) is 8.31. The molecule has 2 bridgehead atoms. The number of hydrogen-bond donors (Lipinski definition) is 0. The average molecular weight is 533 g/mol. The summed E-state index contributed by atoms with van der Waals surface area (Å²) in [7, 11) is 0. The third-order valence-corrected chi connectivity index (χ3v) is 9.70. The van der Waals surface area contributed by atoms with Crippen molar-refractivity contribution in [3.63, 3.8) is 0 Å². The molecule has 0 unspecified atom stereocenters. The number of hydrogen-bond acceptors (Lipinski definition) is 5. The molecule has 5 nitrogen and oxygen atoms in total. The minimum absolute atomic E-state index is 0.00494. The first-order valence-electron chi connectivity index (χ1n) is 15.1. The fourth-order valence-electron chi connectivity index (χ4n) is 7.12. The normalized spacial score (nSPS) is 21.1. The first kappa shape index (κ1) is 29.2. The summed E-state index contributed by atoms with van der Waals surface area (Å²) in [5.41, 5.74) is 4.74. The molecule has 40 heavy (non-hydrogen) atoms. The molecule has 5 rings (SSSR count). The summed E-state index contributed by atoms with van der Waals surface area (Å²) in [6, 6.07) is 16.9. The molecule has 0 aromatic heterocycles. The number of aryl methyl sites for hydroxylation is 2. The highest BCUT2D eigenvalue weighted by Gasteiger charge is 2.49. The summed E-state index contributed by atoms with van der Waals surface area (Å²) < 4.78 is 5.77. The van der Waals surface area contributed by atoms with E-state index in [-0.39, 0.29) is 11.0 Å². The number of rotatable bonds is 12. The van der Waals surface area contributed by atoms with Gasteiger partial charge in [0.25, 0.3) is 0 Å². The van der Waals surface area contributed by atoms with Gasteiger partial charge in [-0.05, 0) is 97.8 Å². The van der Waals surface area contributed by atoms with E-state index in [4.69, 9.17) is 4.74 Å². The summed E-state index contributed by atoms with van der Waals surface area (Å²) in [6.07, 6.45) is 15.1. The van der Waals surface area contributed by atoms with Crippen molar-refractivity contribution in [1.29, 1.82) is 21.0 Å². The molecule has 206 valence electrons. The second-order valence-electron chi connectivity index (χ2n) is 11.9. The van der Waals surface area contributed by atoms with Gasteiger partial charge in [-0.2, -0.15) is 21.0 Å². The van der Waals surface area contributed by atoms with Crippen LogP contribution in [0.15, 0.2) is 24.3 Å². The van der Waals surface area contributed by atoms with Crippen LogP contribution in [0.5, 0.6) is 5.75 Å². The van der Waals surface area contributed by atoms with Gasteiger partial charge in [0.2, 0.25) is 0 Å². The summed E-state index contributed by atoms with van der Waals surface area (Å²) >= 11 is 0. The van der Waals surface area contributed by atoms with Crippen LogP contribution in [-0.4, -0.2) is 6.61 Å². The molecule has 0 aliphatic heterocycles. The van der Waals surface area contributed by atoms with Gasteiger partial charge in [0, 0.05) is 0 Å². The first-order valence-corrected chi connectivity index (χ1v) is 15.1. The Labute approximate surface area is 240 Å². The molecule has 0 heterocycles. The molecule has 5 heteroatoms. The van der Waals surface area contributed by atoms with Crippen LogP contribution in [0.1, 0.15) is 130 Å². The quantitative estimate of drug-likeness (QED) is 0.256.